The topological polar surface area (TPSA) is 176 Å². The lowest BCUT2D eigenvalue weighted by Crippen LogP contribution is -2.29. The number of fused-ring (bicyclic) bond motifs is 2. The Morgan fingerprint density at radius 2 is 1.78 bits per heavy atom. The molecule has 16 heteroatoms. The number of rotatable bonds is 11. The summed E-state index contributed by atoms with van der Waals surface area (Å²) in [6.07, 6.45) is 2.24. The predicted octanol–water partition coefficient (Wildman–Crippen LogP) is 2.90. The van der Waals surface area contributed by atoms with Crippen LogP contribution in [0.2, 0.25) is 0 Å². The van der Waals surface area contributed by atoms with Crippen LogP contribution in [0.5, 0.6) is 0 Å². The van der Waals surface area contributed by atoms with Gasteiger partial charge in [0.2, 0.25) is 5.91 Å². The molecule has 0 radical (unpaired) electrons. The molecule has 45 heavy (non-hydrogen) atoms. The molecule has 0 aliphatic heterocycles. The average Bonchev–Trinajstić information content (AvgIpc) is 3.47. The third-order valence-corrected chi connectivity index (χ3v) is 10.5. The molecule has 0 spiro atoms. The first-order chi connectivity index (χ1) is 21.3. The number of thiophene rings is 1. The van der Waals surface area contributed by atoms with Crippen LogP contribution in [0.25, 0.3) is 10.2 Å². The van der Waals surface area contributed by atoms with Crippen LogP contribution in [0.1, 0.15) is 58.3 Å². The van der Waals surface area contributed by atoms with Crippen molar-refractivity contribution in [3.8, 4) is 0 Å². The molecule has 3 aromatic rings. The Hall–Kier alpha value is -3.89. The first-order valence-corrected chi connectivity index (χ1v) is 17.6. The third kappa shape index (κ3) is 8.23. The number of aromatic nitrogens is 1. The molecule has 0 fully saturated rings. The summed E-state index contributed by atoms with van der Waals surface area (Å²) in [7, 11) is -3.06. The molecule has 1 N–H and O–H groups in total. The lowest BCUT2D eigenvalue weighted by Gasteiger charge is -2.18. The number of nitrogens with zero attached hydrogens (tertiary/aromatic N) is 2. The summed E-state index contributed by atoms with van der Waals surface area (Å²) in [4.78, 5) is 67.6. The number of hydrogen-bond donors (Lipinski definition) is 1. The number of hydrogen-bond acceptors (Lipinski definition) is 12. The summed E-state index contributed by atoms with van der Waals surface area (Å²) in [6.45, 7) is 5.37. The van der Waals surface area contributed by atoms with Crippen LogP contribution in [-0.2, 0) is 57.8 Å². The number of benzene rings is 1. The quantitative estimate of drug-likeness (QED) is 0.234. The Labute approximate surface area is 267 Å². The maximum absolute atomic E-state index is 12.9. The Morgan fingerprint density at radius 3 is 2.47 bits per heavy atom. The molecule has 0 bridgehead atoms. The number of anilines is 1. The molecule has 1 aliphatic rings. The van der Waals surface area contributed by atoms with E-state index in [1.165, 1.54) is 35.1 Å². The van der Waals surface area contributed by atoms with Crippen molar-refractivity contribution >= 4 is 77.5 Å². The van der Waals surface area contributed by atoms with Crippen LogP contribution in [0.15, 0.2) is 23.2 Å². The van der Waals surface area contributed by atoms with E-state index in [9.17, 15) is 32.4 Å². The molecule has 2 amide bonds. The number of carbonyl (C=O) groups is 5. The Balaban J connectivity index is 1.56. The highest BCUT2D eigenvalue weighted by atomic mass is 32.2. The van der Waals surface area contributed by atoms with Crippen molar-refractivity contribution in [3.63, 3.8) is 0 Å². The summed E-state index contributed by atoms with van der Waals surface area (Å²) >= 11 is 2.18. The van der Waals surface area contributed by atoms with Gasteiger partial charge in [-0.05, 0) is 62.8 Å². The number of sulfone groups is 1. The normalized spacial score (nSPS) is 14.9. The predicted molar refractivity (Wildman–Crippen MR) is 167 cm³/mol. The molecule has 2 aromatic heterocycles. The zero-order chi connectivity index (χ0) is 32.9. The van der Waals surface area contributed by atoms with Crippen LogP contribution in [0.4, 0.5) is 5.00 Å². The fraction of sp³-hybridized carbons (Fsp3) is 0.448. The fourth-order valence-corrected chi connectivity index (χ4v) is 8.40. The molecule has 2 heterocycles. The van der Waals surface area contributed by atoms with E-state index >= 15 is 0 Å². The van der Waals surface area contributed by atoms with E-state index in [4.69, 9.17) is 14.2 Å². The maximum Gasteiger partial charge on any atom is 0.341 e. The summed E-state index contributed by atoms with van der Waals surface area (Å²) < 4.78 is 42.6. The van der Waals surface area contributed by atoms with Crippen molar-refractivity contribution in [2.24, 2.45) is 10.9 Å². The van der Waals surface area contributed by atoms with Gasteiger partial charge in [0.05, 0.1) is 41.7 Å². The zero-order valence-electron chi connectivity index (χ0n) is 25.2. The van der Waals surface area contributed by atoms with Crippen molar-refractivity contribution in [3.05, 3.63) is 44.6 Å². The number of thiazole rings is 1. The monoisotopic (exact) mass is 679 g/mol. The molecule has 0 saturated carbocycles. The molecule has 4 rings (SSSR count). The smallest absolute Gasteiger partial charge is 0.341 e. The molecule has 13 nitrogen and oxygen atoms in total. The summed E-state index contributed by atoms with van der Waals surface area (Å²) in [5.74, 6) is -5.46. The minimum Gasteiger partial charge on any atom is -0.465 e. The molecule has 1 unspecified atom stereocenters. The van der Waals surface area contributed by atoms with Crippen LogP contribution in [-0.4, -0.2) is 74.5 Å². The average molecular weight is 680 g/mol. The van der Waals surface area contributed by atoms with Crippen LogP contribution in [0.3, 0.4) is 0 Å². The molecule has 1 aliphatic carbocycles. The number of ether oxygens (including phenoxy) is 3. The van der Waals surface area contributed by atoms with Gasteiger partial charge in [-0.25, -0.2) is 18.0 Å². The van der Waals surface area contributed by atoms with Gasteiger partial charge in [-0.1, -0.05) is 18.3 Å². The highest BCUT2D eigenvalue weighted by molar-refractivity contribution is 7.92. The highest BCUT2D eigenvalue weighted by Crippen LogP contribution is 2.40. The van der Waals surface area contributed by atoms with Crippen molar-refractivity contribution in [1.29, 1.82) is 0 Å². The second-order valence-electron chi connectivity index (χ2n) is 10.3. The Morgan fingerprint density at radius 1 is 1.04 bits per heavy atom. The number of carbonyl (C=O) groups excluding carboxylic acids is 5. The van der Waals surface area contributed by atoms with Gasteiger partial charge in [-0.2, -0.15) is 4.99 Å². The van der Waals surface area contributed by atoms with E-state index in [2.05, 4.69) is 17.2 Å². The van der Waals surface area contributed by atoms with Crippen molar-refractivity contribution in [2.45, 2.75) is 46.6 Å². The molecule has 1 atom stereocenters. The molecular weight excluding hydrogens is 647 g/mol. The lowest BCUT2D eigenvalue weighted by molar-refractivity contribution is -0.143. The maximum atomic E-state index is 12.9. The zero-order valence-corrected chi connectivity index (χ0v) is 27.6. The number of esters is 3. The Bertz CT molecular complexity index is 1830. The first-order valence-electron chi connectivity index (χ1n) is 14.1. The van der Waals surface area contributed by atoms with E-state index < -0.39 is 51.1 Å². The van der Waals surface area contributed by atoms with Gasteiger partial charge in [0.1, 0.15) is 23.1 Å². The SMILES string of the molecule is CCOC(=O)Cn1c(=NC(=O)CS(=O)(=O)CC(=O)Nc2sc3c(c2C(=O)OC)CCC(C)C3)sc2cc(C(=O)OCC)ccc21. The summed E-state index contributed by atoms with van der Waals surface area (Å²) in [5, 5.41) is 2.74. The number of methoxy groups -OCH3 is 1. The fourth-order valence-electron chi connectivity index (χ4n) is 4.89. The third-order valence-electron chi connectivity index (χ3n) is 6.86. The van der Waals surface area contributed by atoms with Crippen molar-refractivity contribution in [2.75, 3.05) is 37.1 Å². The van der Waals surface area contributed by atoms with Gasteiger partial charge < -0.3 is 24.1 Å². The summed E-state index contributed by atoms with van der Waals surface area (Å²) in [5.41, 5.74) is 1.73. The van der Waals surface area contributed by atoms with E-state index in [1.54, 1.807) is 19.9 Å². The minimum atomic E-state index is -4.29. The van der Waals surface area contributed by atoms with Crippen LogP contribution in [0, 0.1) is 5.92 Å². The van der Waals surface area contributed by atoms with E-state index in [1.807, 2.05) is 0 Å². The van der Waals surface area contributed by atoms with E-state index in [0.29, 0.717) is 22.6 Å². The molecular formula is C29H33N3O10S3. The molecule has 242 valence electrons. The van der Waals surface area contributed by atoms with E-state index in [0.717, 1.165) is 34.6 Å². The lowest BCUT2D eigenvalue weighted by atomic mass is 9.88. The second kappa shape index (κ2) is 14.5. The number of nitrogens with one attached hydrogen (secondary N) is 1. The highest BCUT2D eigenvalue weighted by Gasteiger charge is 2.30. The van der Waals surface area contributed by atoms with Gasteiger partial charge in [-0.3, -0.25) is 14.4 Å². The summed E-state index contributed by atoms with van der Waals surface area (Å²) in [6, 6.07) is 4.59. The van der Waals surface area contributed by atoms with Gasteiger partial charge >= 0.3 is 17.9 Å². The van der Waals surface area contributed by atoms with Gasteiger partial charge in [0.15, 0.2) is 14.6 Å². The van der Waals surface area contributed by atoms with Crippen molar-refractivity contribution < 1.29 is 46.6 Å². The van der Waals surface area contributed by atoms with Gasteiger partial charge in [0, 0.05) is 4.88 Å². The first kappa shape index (κ1) is 34.0. The van der Waals surface area contributed by atoms with Gasteiger partial charge in [-0.15, -0.1) is 11.3 Å². The van der Waals surface area contributed by atoms with Crippen LogP contribution >= 0.6 is 22.7 Å². The minimum absolute atomic E-state index is 0.00447. The largest absolute Gasteiger partial charge is 0.465 e. The number of amides is 2. The Kier molecular flexibility index (Phi) is 10.9. The van der Waals surface area contributed by atoms with Gasteiger partial charge in [0.25, 0.3) is 5.91 Å². The molecule has 1 aromatic carbocycles. The van der Waals surface area contributed by atoms with Crippen molar-refractivity contribution in [1.82, 2.24) is 4.57 Å². The second-order valence-corrected chi connectivity index (χ2v) is 14.5. The van der Waals surface area contributed by atoms with Crippen LogP contribution < -0.4 is 10.1 Å². The standard InChI is InChI=1S/C29H33N3O10S3/c1-5-41-24(35)13-32-19-10-8-17(27(36)42-6-2)12-21(19)44-29(32)31-23(34)15-45(38,39)14-22(33)30-26-25(28(37)40-4)18-9-7-16(3)11-20(18)43-26/h8,10,12,16H,5-7,9,11,13-15H2,1-4H3,(H,30,33). The van der Waals surface area contributed by atoms with E-state index in [-0.39, 0.29) is 40.7 Å². The molecule has 0 saturated heterocycles.